The summed E-state index contributed by atoms with van der Waals surface area (Å²) in [5.74, 6) is 0. The Kier molecular flexibility index (Phi) is 4.89. The van der Waals surface area contributed by atoms with Crippen LogP contribution >= 0.6 is 23.2 Å². The van der Waals surface area contributed by atoms with Gasteiger partial charge in [0.25, 0.3) is 0 Å². The van der Waals surface area contributed by atoms with Gasteiger partial charge in [0.2, 0.25) is 0 Å². The highest BCUT2D eigenvalue weighted by Gasteiger charge is 2.18. The fourth-order valence-corrected chi connectivity index (χ4v) is 3.94. The molecule has 2 heterocycles. The summed E-state index contributed by atoms with van der Waals surface area (Å²) in [7, 11) is 0. The molecule has 0 saturated carbocycles. The Bertz CT molecular complexity index is 844. The van der Waals surface area contributed by atoms with E-state index in [1.807, 2.05) is 36.4 Å². The number of benzene rings is 2. The molecular formula is C19H20Cl2N2O2. The molecule has 2 aromatic carbocycles. The lowest BCUT2D eigenvalue weighted by molar-refractivity contribution is 0.0119. The molecule has 1 aromatic heterocycles. The lowest BCUT2D eigenvalue weighted by Crippen LogP contribution is -2.42. The highest BCUT2D eigenvalue weighted by molar-refractivity contribution is 6.33. The van der Waals surface area contributed by atoms with Crippen molar-refractivity contribution in [3.8, 4) is 0 Å². The standard InChI is InChI=1S/C19H20Cl2N2O2/c20-13-1-3-18-16(9-13)17-10-14(21)2-4-19(17)23(18)12-15(24)11-22-5-7-25-8-6-22/h1-4,9-10,15,24H,5-8,11-12H2/t15-/m1/s1. The number of ether oxygens (including phenoxy) is 1. The largest absolute Gasteiger partial charge is 0.390 e. The van der Waals surface area contributed by atoms with Gasteiger partial charge in [0.05, 0.1) is 25.9 Å². The molecule has 1 fully saturated rings. The van der Waals surface area contributed by atoms with Crippen LogP contribution in [0.5, 0.6) is 0 Å². The second kappa shape index (κ2) is 7.14. The third-order valence-corrected chi connectivity index (χ3v) is 5.23. The fraction of sp³-hybridized carbons (Fsp3) is 0.368. The van der Waals surface area contributed by atoms with E-state index in [2.05, 4.69) is 9.47 Å². The second-order valence-electron chi connectivity index (χ2n) is 6.50. The van der Waals surface area contributed by atoms with Gasteiger partial charge in [-0.3, -0.25) is 4.90 Å². The molecule has 1 aliphatic heterocycles. The number of aliphatic hydroxyl groups excluding tert-OH is 1. The lowest BCUT2D eigenvalue weighted by Gasteiger charge is -2.28. The molecular weight excluding hydrogens is 359 g/mol. The van der Waals surface area contributed by atoms with Crippen molar-refractivity contribution in [3.05, 3.63) is 46.4 Å². The maximum atomic E-state index is 10.6. The number of β-amino-alcohol motifs (C(OH)–C–C–N with tert-alkyl or cyclic N) is 1. The van der Waals surface area contributed by atoms with Gasteiger partial charge in [0.15, 0.2) is 0 Å². The number of rotatable bonds is 4. The van der Waals surface area contributed by atoms with Gasteiger partial charge in [-0.1, -0.05) is 23.2 Å². The molecule has 0 amide bonds. The zero-order chi connectivity index (χ0) is 17.4. The van der Waals surface area contributed by atoms with Crippen LogP contribution in [0.2, 0.25) is 10.0 Å². The maximum Gasteiger partial charge on any atom is 0.0846 e. The molecule has 1 N–H and O–H groups in total. The molecule has 0 radical (unpaired) electrons. The molecule has 1 atom stereocenters. The van der Waals surface area contributed by atoms with Crippen molar-refractivity contribution in [2.45, 2.75) is 12.6 Å². The van der Waals surface area contributed by atoms with Crippen molar-refractivity contribution in [1.29, 1.82) is 0 Å². The van der Waals surface area contributed by atoms with E-state index in [1.165, 1.54) is 0 Å². The SMILES string of the molecule is O[C@H](CN1CCOCC1)Cn1c2ccc(Cl)cc2c2cc(Cl)ccc21. The average molecular weight is 379 g/mol. The number of fused-ring (bicyclic) bond motifs is 3. The van der Waals surface area contributed by atoms with Crippen LogP contribution in [-0.2, 0) is 11.3 Å². The van der Waals surface area contributed by atoms with Gasteiger partial charge in [-0.05, 0) is 36.4 Å². The topological polar surface area (TPSA) is 37.6 Å². The number of hydrogen-bond acceptors (Lipinski definition) is 3. The molecule has 1 saturated heterocycles. The zero-order valence-corrected chi connectivity index (χ0v) is 15.3. The normalized spacial score (nSPS) is 17.4. The van der Waals surface area contributed by atoms with E-state index < -0.39 is 6.10 Å². The van der Waals surface area contributed by atoms with Gasteiger partial charge in [0, 0.05) is 51.5 Å². The van der Waals surface area contributed by atoms with Crippen LogP contribution in [0.25, 0.3) is 21.8 Å². The number of morpholine rings is 1. The lowest BCUT2D eigenvalue weighted by atomic mass is 10.1. The van der Waals surface area contributed by atoms with Crippen molar-refractivity contribution < 1.29 is 9.84 Å². The predicted molar refractivity (Wildman–Crippen MR) is 103 cm³/mol. The molecule has 0 aliphatic carbocycles. The average Bonchev–Trinajstić information content (AvgIpc) is 2.88. The molecule has 132 valence electrons. The Labute approximate surface area is 156 Å². The number of aliphatic hydroxyl groups is 1. The molecule has 0 bridgehead atoms. The van der Waals surface area contributed by atoms with E-state index in [0.29, 0.717) is 23.1 Å². The summed E-state index contributed by atoms with van der Waals surface area (Å²) < 4.78 is 7.53. The molecule has 3 aromatic rings. The third kappa shape index (κ3) is 3.50. The van der Waals surface area contributed by atoms with E-state index in [9.17, 15) is 5.11 Å². The monoisotopic (exact) mass is 378 g/mol. The Morgan fingerprint density at radius 1 is 0.920 bits per heavy atom. The Morgan fingerprint density at radius 3 is 2.04 bits per heavy atom. The summed E-state index contributed by atoms with van der Waals surface area (Å²) in [5, 5.41) is 14.2. The van der Waals surface area contributed by atoms with E-state index in [0.717, 1.165) is 48.1 Å². The molecule has 1 aliphatic rings. The number of hydrogen-bond donors (Lipinski definition) is 1. The fourth-order valence-electron chi connectivity index (χ4n) is 3.60. The van der Waals surface area contributed by atoms with Crippen molar-refractivity contribution >= 4 is 45.0 Å². The summed E-state index contributed by atoms with van der Waals surface area (Å²) in [4.78, 5) is 2.25. The van der Waals surface area contributed by atoms with Gasteiger partial charge in [0.1, 0.15) is 0 Å². The number of aromatic nitrogens is 1. The van der Waals surface area contributed by atoms with Crippen LogP contribution in [0.4, 0.5) is 0 Å². The minimum absolute atomic E-state index is 0.455. The molecule has 0 spiro atoms. The summed E-state index contributed by atoms with van der Waals surface area (Å²) >= 11 is 12.4. The van der Waals surface area contributed by atoms with Gasteiger partial charge in [-0.15, -0.1) is 0 Å². The molecule has 4 nitrogen and oxygen atoms in total. The van der Waals surface area contributed by atoms with Crippen LogP contribution in [0.1, 0.15) is 0 Å². The van der Waals surface area contributed by atoms with E-state index >= 15 is 0 Å². The van der Waals surface area contributed by atoms with Crippen molar-refractivity contribution in [2.75, 3.05) is 32.8 Å². The van der Waals surface area contributed by atoms with Crippen LogP contribution in [0.3, 0.4) is 0 Å². The molecule has 6 heteroatoms. The first-order valence-electron chi connectivity index (χ1n) is 8.47. The smallest absolute Gasteiger partial charge is 0.0846 e. The van der Waals surface area contributed by atoms with E-state index in [4.69, 9.17) is 27.9 Å². The van der Waals surface area contributed by atoms with Crippen molar-refractivity contribution in [3.63, 3.8) is 0 Å². The predicted octanol–water partition coefficient (Wildman–Crippen LogP) is 3.79. The summed E-state index contributed by atoms with van der Waals surface area (Å²) in [6, 6.07) is 11.7. The Balaban J connectivity index is 1.69. The minimum atomic E-state index is -0.455. The van der Waals surface area contributed by atoms with E-state index in [-0.39, 0.29) is 0 Å². The maximum absolute atomic E-state index is 10.6. The van der Waals surface area contributed by atoms with Gasteiger partial charge in [-0.25, -0.2) is 0 Å². The number of halogens is 2. The van der Waals surface area contributed by atoms with Crippen molar-refractivity contribution in [2.24, 2.45) is 0 Å². The van der Waals surface area contributed by atoms with Crippen molar-refractivity contribution in [1.82, 2.24) is 9.47 Å². The Hall–Kier alpha value is -1.30. The summed E-state index contributed by atoms with van der Waals surface area (Å²) in [5.41, 5.74) is 2.12. The quantitative estimate of drug-likeness (QED) is 0.750. The zero-order valence-electron chi connectivity index (χ0n) is 13.8. The Morgan fingerprint density at radius 2 is 1.48 bits per heavy atom. The van der Waals surface area contributed by atoms with Gasteiger partial charge in [-0.2, -0.15) is 0 Å². The van der Waals surface area contributed by atoms with Crippen LogP contribution in [0, 0.1) is 0 Å². The first-order valence-corrected chi connectivity index (χ1v) is 9.22. The first-order chi connectivity index (χ1) is 12.1. The van der Waals surface area contributed by atoms with Crippen LogP contribution in [-0.4, -0.2) is 53.5 Å². The molecule has 4 rings (SSSR count). The summed E-state index contributed by atoms with van der Waals surface area (Å²) in [6.45, 7) is 4.38. The highest BCUT2D eigenvalue weighted by atomic mass is 35.5. The molecule has 25 heavy (non-hydrogen) atoms. The minimum Gasteiger partial charge on any atom is -0.390 e. The highest BCUT2D eigenvalue weighted by Crippen LogP contribution is 2.33. The van der Waals surface area contributed by atoms with Gasteiger partial charge < -0.3 is 14.4 Å². The van der Waals surface area contributed by atoms with Crippen LogP contribution < -0.4 is 0 Å². The van der Waals surface area contributed by atoms with Gasteiger partial charge >= 0.3 is 0 Å². The summed E-state index contributed by atoms with van der Waals surface area (Å²) in [6.07, 6.45) is -0.455. The van der Waals surface area contributed by atoms with Crippen LogP contribution in [0.15, 0.2) is 36.4 Å². The first kappa shape index (κ1) is 17.1. The second-order valence-corrected chi connectivity index (χ2v) is 7.37. The van der Waals surface area contributed by atoms with E-state index in [1.54, 1.807) is 0 Å². The number of nitrogens with zero attached hydrogens (tertiary/aromatic N) is 2. The third-order valence-electron chi connectivity index (χ3n) is 4.75. The molecule has 0 unspecified atom stereocenters.